The summed E-state index contributed by atoms with van der Waals surface area (Å²) in [6.45, 7) is 6.37. The van der Waals surface area contributed by atoms with Gasteiger partial charge in [-0.05, 0) is 27.7 Å². The maximum absolute atomic E-state index is 11.3. The lowest BCUT2D eigenvalue weighted by Crippen LogP contribution is -2.43. The molecule has 0 saturated heterocycles. The van der Waals surface area contributed by atoms with Crippen LogP contribution in [0.3, 0.4) is 0 Å². The molecule has 0 aliphatic rings. The number of nitrogens with two attached hydrogens (primary N) is 1. The second-order valence-corrected chi connectivity index (χ2v) is 5.16. The van der Waals surface area contributed by atoms with Crippen molar-refractivity contribution in [3.8, 4) is 0 Å². The Morgan fingerprint density at radius 1 is 1.43 bits per heavy atom. The summed E-state index contributed by atoms with van der Waals surface area (Å²) in [4.78, 5) is 11.3. The van der Waals surface area contributed by atoms with Crippen LogP contribution in [0.5, 0.6) is 0 Å². The predicted octanol–water partition coefficient (Wildman–Crippen LogP) is 0.447. The predicted molar refractivity (Wildman–Crippen MR) is 51.7 cm³/mol. The number of nitrogens with zero attached hydrogens (tertiary/aromatic N) is 1. The number of carbonyl (C=O) groups is 1. The number of carbonyl (C=O) groups excluding carboxylic acids is 1. The van der Waals surface area contributed by atoms with Crippen LogP contribution >= 0.6 is 0 Å². The van der Waals surface area contributed by atoms with Crippen molar-refractivity contribution in [3.05, 3.63) is 0 Å². The molecule has 0 aromatic heterocycles. The van der Waals surface area contributed by atoms with E-state index in [4.69, 9.17) is 9.88 Å². The van der Waals surface area contributed by atoms with E-state index in [0.29, 0.717) is 4.31 Å². The number of ether oxygens (including phenoxy) is 1. The van der Waals surface area contributed by atoms with Crippen molar-refractivity contribution in [1.82, 2.24) is 4.31 Å². The van der Waals surface area contributed by atoms with Crippen molar-refractivity contribution in [2.75, 3.05) is 6.54 Å². The van der Waals surface area contributed by atoms with Gasteiger partial charge in [0.1, 0.15) is 5.60 Å². The highest BCUT2D eigenvalue weighted by atomic mass is 32.2. The summed E-state index contributed by atoms with van der Waals surface area (Å²) in [6, 6.07) is 0. The first-order chi connectivity index (χ1) is 6.08. The summed E-state index contributed by atoms with van der Waals surface area (Å²) >= 11 is 0. The minimum absolute atomic E-state index is 0.0479. The largest absolute Gasteiger partial charge is 0.443 e. The third-order valence-electron chi connectivity index (χ3n) is 1.19. The fraction of sp³-hybridized carbons (Fsp3) is 0.857. The fourth-order valence-corrected chi connectivity index (χ4v) is 1.33. The molecule has 0 unspecified atom stereocenters. The van der Waals surface area contributed by atoms with Crippen LogP contribution in [0.4, 0.5) is 4.79 Å². The molecule has 2 N–H and O–H groups in total. The zero-order valence-electron chi connectivity index (χ0n) is 8.77. The molecule has 0 fully saturated rings. The van der Waals surface area contributed by atoms with Crippen LogP contribution in [0.2, 0.25) is 0 Å². The Balaban J connectivity index is 4.67. The molecule has 7 heteroatoms. The molecule has 0 aromatic carbocycles. The minimum Gasteiger partial charge on any atom is -0.443 e. The SMILES string of the molecule is CCN(C(=O)OC(C)(C)C)S(N)(=O)=O. The number of hydrogen-bond acceptors (Lipinski definition) is 4. The van der Waals surface area contributed by atoms with E-state index in [1.165, 1.54) is 6.92 Å². The molecule has 0 atom stereocenters. The summed E-state index contributed by atoms with van der Waals surface area (Å²) in [5, 5.41) is 4.81. The Morgan fingerprint density at radius 3 is 2.07 bits per heavy atom. The third-order valence-corrected chi connectivity index (χ3v) is 2.21. The molecule has 14 heavy (non-hydrogen) atoms. The van der Waals surface area contributed by atoms with E-state index in [1.54, 1.807) is 20.8 Å². The van der Waals surface area contributed by atoms with E-state index >= 15 is 0 Å². The highest BCUT2D eigenvalue weighted by Gasteiger charge is 2.27. The number of amides is 1. The molecule has 0 aromatic rings. The minimum atomic E-state index is -4.03. The summed E-state index contributed by atoms with van der Waals surface area (Å²) in [7, 11) is -4.03. The standard InChI is InChI=1S/C7H16N2O4S/c1-5-9(14(8,11)12)6(10)13-7(2,3)4/h5H2,1-4H3,(H2,8,11,12). The normalized spacial score (nSPS) is 12.4. The average Bonchev–Trinajstić information content (AvgIpc) is 1.79. The highest BCUT2D eigenvalue weighted by molar-refractivity contribution is 7.87. The molecule has 0 bridgehead atoms. The quantitative estimate of drug-likeness (QED) is 0.737. The number of rotatable bonds is 2. The first-order valence-electron chi connectivity index (χ1n) is 4.11. The van der Waals surface area contributed by atoms with E-state index in [2.05, 4.69) is 0 Å². The van der Waals surface area contributed by atoms with Gasteiger partial charge in [0.05, 0.1) is 0 Å². The summed E-state index contributed by atoms with van der Waals surface area (Å²) < 4.78 is 27.1. The lowest BCUT2D eigenvalue weighted by molar-refractivity contribution is 0.0397. The van der Waals surface area contributed by atoms with Crippen molar-refractivity contribution in [2.24, 2.45) is 5.14 Å². The highest BCUT2D eigenvalue weighted by Crippen LogP contribution is 2.10. The Bertz CT molecular complexity index is 304. The van der Waals surface area contributed by atoms with Crippen molar-refractivity contribution >= 4 is 16.3 Å². The van der Waals surface area contributed by atoms with Gasteiger partial charge < -0.3 is 4.74 Å². The molecule has 0 saturated carbocycles. The molecule has 0 aliphatic carbocycles. The molecular formula is C7H16N2O4S. The maximum atomic E-state index is 11.3. The second-order valence-electron chi connectivity index (χ2n) is 3.69. The molecule has 0 radical (unpaired) electrons. The zero-order valence-corrected chi connectivity index (χ0v) is 9.59. The fourth-order valence-electron chi connectivity index (χ4n) is 0.726. The van der Waals surface area contributed by atoms with Gasteiger partial charge in [0, 0.05) is 6.54 Å². The third kappa shape index (κ3) is 4.43. The van der Waals surface area contributed by atoms with E-state index in [-0.39, 0.29) is 6.54 Å². The first kappa shape index (κ1) is 13.2. The van der Waals surface area contributed by atoms with Gasteiger partial charge >= 0.3 is 16.3 Å². The van der Waals surface area contributed by atoms with E-state index in [0.717, 1.165) is 0 Å². The summed E-state index contributed by atoms with van der Waals surface area (Å²) in [6.07, 6.45) is -0.956. The van der Waals surface area contributed by atoms with Crippen molar-refractivity contribution in [3.63, 3.8) is 0 Å². The van der Waals surface area contributed by atoms with Crippen molar-refractivity contribution in [2.45, 2.75) is 33.3 Å². The first-order valence-corrected chi connectivity index (χ1v) is 5.61. The lowest BCUT2D eigenvalue weighted by atomic mass is 10.2. The Kier molecular flexibility index (Phi) is 3.90. The van der Waals surface area contributed by atoms with Gasteiger partial charge in [-0.1, -0.05) is 0 Å². The van der Waals surface area contributed by atoms with Crippen molar-refractivity contribution < 1.29 is 17.9 Å². The van der Waals surface area contributed by atoms with Crippen molar-refractivity contribution in [1.29, 1.82) is 0 Å². The smallest absolute Gasteiger partial charge is 0.425 e. The lowest BCUT2D eigenvalue weighted by Gasteiger charge is -2.24. The summed E-state index contributed by atoms with van der Waals surface area (Å²) in [5.41, 5.74) is -0.741. The molecule has 0 spiro atoms. The van der Waals surface area contributed by atoms with Gasteiger partial charge in [-0.3, -0.25) is 0 Å². The van der Waals surface area contributed by atoms with Gasteiger partial charge in [-0.2, -0.15) is 12.7 Å². The molecule has 0 rings (SSSR count). The van der Waals surface area contributed by atoms with Crippen LogP contribution in [0.25, 0.3) is 0 Å². The Labute approximate surface area is 84.2 Å². The van der Waals surface area contributed by atoms with Crippen LogP contribution in [0, 0.1) is 0 Å². The molecular weight excluding hydrogens is 208 g/mol. The average molecular weight is 224 g/mol. The zero-order chi connectivity index (χ0) is 11.6. The Morgan fingerprint density at radius 2 is 1.86 bits per heavy atom. The van der Waals surface area contributed by atoms with Gasteiger partial charge in [0.15, 0.2) is 0 Å². The van der Waals surface area contributed by atoms with E-state index in [9.17, 15) is 13.2 Å². The van der Waals surface area contributed by atoms with Gasteiger partial charge in [0.25, 0.3) is 0 Å². The van der Waals surface area contributed by atoms with Crippen LogP contribution < -0.4 is 5.14 Å². The molecule has 84 valence electrons. The summed E-state index contributed by atoms with van der Waals surface area (Å²) in [5.74, 6) is 0. The second kappa shape index (κ2) is 4.14. The topological polar surface area (TPSA) is 89.7 Å². The molecule has 6 nitrogen and oxygen atoms in total. The molecule has 0 aliphatic heterocycles. The maximum Gasteiger partial charge on any atom is 0.425 e. The Hall–Kier alpha value is -0.820. The van der Waals surface area contributed by atoms with Gasteiger partial charge in [-0.25, -0.2) is 9.93 Å². The van der Waals surface area contributed by atoms with E-state index < -0.39 is 21.9 Å². The molecule has 0 heterocycles. The van der Waals surface area contributed by atoms with E-state index in [1.807, 2.05) is 0 Å². The van der Waals surface area contributed by atoms with Crippen LogP contribution in [-0.2, 0) is 14.9 Å². The number of hydrogen-bond donors (Lipinski definition) is 1. The van der Waals surface area contributed by atoms with Crippen LogP contribution in [-0.4, -0.2) is 31.0 Å². The van der Waals surface area contributed by atoms with Gasteiger partial charge in [-0.15, -0.1) is 0 Å². The van der Waals surface area contributed by atoms with Crippen LogP contribution in [0.1, 0.15) is 27.7 Å². The van der Waals surface area contributed by atoms with Crippen LogP contribution in [0.15, 0.2) is 0 Å². The molecule has 1 amide bonds. The van der Waals surface area contributed by atoms with Gasteiger partial charge in [0.2, 0.25) is 0 Å². The monoisotopic (exact) mass is 224 g/mol.